The molecular formula is C19H17NO5S. The topological polar surface area (TPSA) is 88.8 Å². The first kappa shape index (κ1) is 17.9. The summed E-state index contributed by atoms with van der Waals surface area (Å²) in [6, 6.07) is 11.6. The van der Waals surface area contributed by atoms with Crippen molar-refractivity contribution in [3.05, 3.63) is 70.1 Å². The van der Waals surface area contributed by atoms with Crippen molar-refractivity contribution in [1.82, 2.24) is 5.32 Å². The number of hydrogen-bond acceptors (Lipinski definition) is 6. The van der Waals surface area contributed by atoms with Gasteiger partial charge in [-0.05, 0) is 42.5 Å². The fourth-order valence-corrected chi connectivity index (χ4v) is 3.25. The monoisotopic (exact) mass is 371 g/mol. The molecule has 0 saturated carbocycles. The zero-order valence-electron chi connectivity index (χ0n) is 14.0. The van der Waals surface area contributed by atoms with Crippen molar-refractivity contribution in [3.8, 4) is 11.3 Å². The van der Waals surface area contributed by atoms with Crippen LogP contribution >= 0.6 is 11.3 Å². The Hall–Kier alpha value is -2.90. The Bertz CT molecular complexity index is 883. The average Bonchev–Trinajstić information content (AvgIpc) is 3.36. The predicted molar refractivity (Wildman–Crippen MR) is 97.1 cm³/mol. The van der Waals surface area contributed by atoms with Crippen molar-refractivity contribution in [2.24, 2.45) is 0 Å². The maximum Gasteiger partial charge on any atom is 0.337 e. The van der Waals surface area contributed by atoms with E-state index in [4.69, 9.17) is 4.42 Å². The van der Waals surface area contributed by atoms with E-state index < -0.39 is 12.1 Å². The van der Waals surface area contributed by atoms with Crippen molar-refractivity contribution in [2.45, 2.75) is 6.10 Å². The summed E-state index contributed by atoms with van der Waals surface area (Å²) in [7, 11) is 1.30. The van der Waals surface area contributed by atoms with Crippen molar-refractivity contribution in [3.63, 3.8) is 0 Å². The van der Waals surface area contributed by atoms with Gasteiger partial charge in [0.05, 0.1) is 18.9 Å². The van der Waals surface area contributed by atoms with Crippen molar-refractivity contribution in [1.29, 1.82) is 0 Å². The first-order valence-electron chi connectivity index (χ1n) is 7.85. The minimum Gasteiger partial charge on any atom is -0.465 e. The van der Waals surface area contributed by atoms with Crippen molar-refractivity contribution < 1.29 is 23.8 Å². The molecule has 1 unspecified atom stereocenters. The van der Waals surface area contributed by atoms with E-state index in [0.29, 0.717) is 11.1 Å². The lowest BCUT2D eigenvalue weighted by atomic mass is 10.1. The number of nitrogens with one attached hydrogen (secondary N) is 1. The quantitative estimate of drug-likeness (QED) is 0.649. The molecule has 0 fully saturated rings. The molecule has 0 aliphatic carbocycles. The van der Waals surface area contributed by atoms with Crippen LogP contribution in [0.4, 0.5) is 0 Å². The van der Waals surface area contributed by atoms with E-state index in [9.17, 15) is 14.7 Å². The first-order valence-corrected chi connectivity index (χ1v) is 8.73. The summed E-state index contributed by atoms with van der Waals surface area (Å²) in [6.07, 6.45) is 0.774. The highest BCUT2D eigenvalue weighted by molar-refractivity contribution is 7.10. The smallest absolute Gasteiger partial charge is 0.337 e. The molecule has 1 amide bonds. The highest BCUT2D eigenvalue weighted by Crippen LogP contribution is 2.29. The molecule has 6 nitrogen and oxygen atoms in total. The number of carbonyl (C=O) groups excluding carboxylic acids is 2. The number of amides is 1. The molecule has 3 aromatic rings. The summed E-state index contributed by atoms with van der Waals surface area (Å²) in [5, 5.41) is 14.9. The second kappa shape index (κ2) is 7.99. The summed E-state index contributed by atoms with van der Waals surface area (Å²) >= 11 is 1.40. The SMILES string of the molecule is COC(=O)c1ccc(C(=O)NCC(O)c2cc(-c3ccco3)cs2)cc1. The van der Waals surface area contributed by atoms with Gasteiger partial charge >= 0.3 is 5.97 Å². The van der Waals surface area contributed by atoms with Gasteiger partial charge in [0.15, 0.2) is 0 Å². The molecule has 1 atom stereocenters. The molecule has 2 heterocycles. The summed E-state index contributed by atoms with van der Waals surface area (Å²) in [6.45, 7) is 0.0791. The van der Waals surface area contributed by atoms with Gasteiger partial charge in [-0.1, -0.05) is 0 Å². The van der Waals surface area contributed by atoms with Gasteiger partial charge in [0, 0.05) is 27.9 Å². The van der Waals surface area contributed by atoms with Crippen LogP contribution in [-0.2, 0) is 4.74 Å². The molecule has 2 N–H and O–H groups in total. The Balaban J connectivity index is 1.58. The highest BCUT2D eigenvalue weighted by atomic mass is 32.1. The largest absolute Gasteiger partial charge is 0.465 e. The van der Waals surface area contributed by atoms with Crippen LogP contribution in [0.25, 0.3) is 11.3 Å². The van der Waals surface area contributed by atoms with Crippen LogP contribution in [0, 0.1) is 0 Å². The normalized spacial score (nSPS) is 11.8. The molecule has 0 bridgehead atoms. The molecule has 0 saturated heterocycles. The van der Waals surface area contributed by atoms with Crippen LogP contribution in [0.15, 0.2) is 58.5 Å². The van der Waals surface area contributed by atoms with Gasteiger partial charge in [-0.2, -0.15) is 0 Å². The van der Waals surface area contributed by atoms with E-state index in [2.05, 4.69) is 10.1 Å². The van der Waals surface area contributed by atoms with Gasteiger partial charge in [0.1, 0.15) is 11.9 Å². The minimum atomic E-state index is -0.818. The Morgan fingerprint density at radius 3 is 2.62 bits per heavy atom. The third-order valence-corrected chi connectivity index (χ3v) is 4.81. The highest BCUT2D eigenvalue weighted by Gasteiger charge is 2.15. The molecule has 2 aromatic heterocycles. The van der Waals surface area contributed by atoms with Gasteiger partial charge in [0.25, 0.3) is 5.91 Å². The lowest BCUT2D eigenvalue weighted by Gasteiger charge is -2.10. The number of aliphatic hydroxyl groups excluding tert-OH is 1. The Morgan fingerprint density at radius 1 is 1.23 bits per heavy atom. The van der Waals surface area contributed by atoms with Crippen LogP contribution in [0.5, 0.6) is 0 Å². The van der Waals surface area contributed by atoms with E-state index in [0.717, 1.165) is 16.2 Å². The fraction of sp³-hybridized carbons (Fsp3) is 0.158. The number of esters is 1. The number of furan rings is 1. The van der Waals surface area contributed by atoms with Crippen LogP contribution in [0.1, 0.15) is 31.7 Å². The Morgan fingerprint density at radius 2 is 1.96 bits per heavy atom. The maximum absolute atomic E-state index is 12.2. The number of thiophene rings is 1. The van der Waals surface area contributed by atoms with Gasteiger partial charge < -0.3 is 19.6 Å². The number of hydrogen-bond donors (Lipinski definition) is 2. The van der Waals surface area contributed by atoms with Crippen LogP contribution in [0.2, 0.25) is 0 Å². The summed E-state index contributed by atoms with van der Waals surface area (Å²) in [4.78, 5) is 24.3. The van der Waals surface area contributed by atoms with Crippen LogP contribution < -0.4 is 5.32 Å². The average molecular weight is 371 g/mol. The Kier molecular flexibility index (Phi) is 5.50. The van der Waals surface area contributed by atoms with E-state index in [1.165, 1.54) is 42.7 Å². The maximum atomic E-state index is 12.2. The minimum absolute atomic E-state index is 0.0791. The van der Waals surface area contributed by atoms with E-state index >= 15 is 0 Å². The molecule has 7 heteroatoms. The molecule has 26 heavy (non-hydrogen) atoms. The second-order valence-corrected chi connectivity index (χ2v) is 6.45. The van der Waals surface area contributed by atoms with Crippen LogP contribution in [0.3, 0.4) is 0 Å². The number of ether oxygens (including phenoxy) is 1. The van der Waals surface area contributed by atoms with Gasteiger partial charge in [-0.15, -0.1) is 11.3 Å². The number of aliphatic hydroxyl groups is 1. The molecule has 0 spiro atoms. The summed E-state index contributed by atoms with van der Waals surface area (Å²) < 4.78 is 9.94. The van der Waals surface area contributed by atoms with E-state index in [-0.39, 0.29) is 12.5 Å². The molecule has 0 aliphatic heterocycles. The van der Waals surface area contributed by atoms with Gasteiger partial charge in [-0.3, -0.25) is 4.79 Å². The number of carbonyl (C=O) groups is 2. The standard InChI is InChI=1S/C19H17NO5S/c1-24-19(23)13-6-4-12(5-7-13)18(22)20-10-15(21)17-9-14(11-26-17)16-3-2-8-25-16/h2-9,11,15,21H,10H2,1H3,(H,20,22). The first-order chi connectivity index (χ1) is 12.6. The van der Waals surface area contributed by atoms with Gasteiger partial charge in [0.2, 0.25) is 0 Å². The third-order valence-electron chi connectivity index (χ3n) is 3.78. The lowest BCUT2D eigenvalue weighted by Crippen LogP contribution is -2.28. The van der Waals surface area contributed by atoms with E-state index in [1.54, 1.807) is 12.3 Å². The number of rotatable bonds is 6. The van der Waals surface area contributed by atoms with Crippen molar-refractivity contribution in [2.75, 3.05) is 13.7 Å². The summed E-state index contributed by atoms with van der Waals surface area (Å²) in [5.41, 5.74) is 1.65. The predicted octanol–water partition coefficient (Wildman–Crippen LogP) is 3.26. The molecule has 3 rings (SSSR count). The zero-order valence-corrected chi connectivity index (χ0v) is 14.8. The molecular weight excluding hydrogens is 354 g/mol. The fourth-order valence-electron chi connectivity index (χ4n) is 2.37. The van der Waals surface area contributed by atoms with Crippen molar-refractivity contribution >= 4 is 23.2 Å². The third kappa shape index (κ3) is 4.01. The summed E-state index contributed by atoms with van der Waals surface area (Å²) in [5.74, 6) is -0.0600. The van der Waals surface area contributed by atoms with Crippen LogP contribution in [-0.4, -0.2) is 30.6 Å². The van der Waals surface area contributed by atoms with E-state index in [1.807, 2.05) is 17.5 Å². The second-order valence-electron chi connectivity index (χ2n) is 5.51. The Labute approximate surface area is 154 Å². The molecule has 1 aromatic carbocycles. The zero-order chi connectivity index (χ0) is 18.5. The van der Waals surface area contributed by atoms with Gasteiger partial charge in [-0.25, -0.2) is 4.79 Å². The molecule has 0 radical (unpaired) electrons. The number of benzene rings is 1. The lowest BCUT2D eigenvalue weighted by molar-refractivity contribution is 0.0600. The molecule has 134 valence electrons. The number of methoxy groups -OCH3 is 1. The molecule has 0 aliphatic rings.